The zero-order valence-corrected chi connectivity index (χ0v) is 43.0. The molecule has 1 aliphatic heterocycles. The summed E-state index contributed by atoms with van der Waals surface area (Å²) in [4.78, 5) is 13.0. The molecule has 1 saturated heterocycles. The van der Waals surface area contributed by atoms with Crippen molar-refractivity contribution in [2.75, 3.05) is 13.2 Å². The third-order valence-electron chi connectivity index (χ3n) is 13.5. The molecule has 7 atom stereocenters. The van der Waals surface area contributed by atoms with E-state index in [2.05, 4.69) is 43.5 Å². The van der Waals surface area contributed by atoms with E-state index in [1.54, 1.807) is 6.08 Å². The molecule has 1 aliphatic rings. The molecule has 66 heavy (non-hydrogen) atoms. The lowest BCUT2D eigenvalue weighted by atomic mass is 9.99. The zero-order chi connectivity index (χ0) is 48.0. The van der Waals surface area contributed by atoms with Crippen molar-refractivity contribution in [2.45, 2.75) is 307 Å². The monoisotopic (exact) mass is 934 g/mol. The average molecular weight is 934 g/mol. The lowest BCUT2D eigenvalue weighted by molar-refractivity contribution is -0.302. The molecule has 1 heterocycles. The summed E-state index contributed by atoms with van der Waals surface area (Å²) in [5.41, 5.74) is 0. The third kappa shape index (κ3) is 36.4. The predicted octanol–water partition coefficient (Wildman–Crippen LogP) is 13.6. The number of unbranched alkanes of at least 4 members (excludes halogenated alkanes) is 34. The Labute approximate surface area is 406 Å². The van der Waals surface area contributed by atoms with Gasteiger partial charge in [-0.2, -0.15) is 0 Å². The number of hydrogen-bond acceptors (Lipinski definition) is 8. The summed E-state index contributed by atoms with van der Waals surface area (Å²) in [6.07, 6.45) is 53.6. The van der Waals surface area contributed by atoms with Crippen LogP contribution < -0.4 is 5.32 Å². The van der Waals surface area contributed by atoms with Crippen molar-refractivity contribution in [3.8, 4) is 0 Å². The lowest BCUT2D eigenvalue weighted by Crippen LogP contribution is -2.60. The van der Waals surface area contributed by atoms with Crippen LogP contribution in [0.2, 0.25) is 0 Å². The number of aliphatic hydroxyl groups excluding tert-OH is 5. The first kappa shape index (κ1) is 62.4. The molecule has 9 heteroatoms. The molecule has 0 aromatic rings. The van der Waals surface area contributed by atoms with E-state index in [1.807, 2.05) is 6.08 Å². The Morgan fingerprint density at radius 3 is 1.33 bits per heavy atom. The van der Waals surface area contributed by atoms with Crippen molar-refractivity contribution in [1.29, 1.82) is 0 Å². The van der Waals surface area contributed by atoms with Gasteiger partial charge in [0, 0.05) is 6.42 Å². The molecular formula is C57H107NO8. The van der Waals surface area contributed by atoms with Crippen LogP contribution in [0.5, 0.6) is 0 Å². The van der Waals surface area contributed by atoms with Crippen LogP contribution in [0.25, 0.3) is 0 Å². The maximum atomic E-state index is 13.0. The minimum absolute atomic E-state index is 0.189. The number of rotatable bonds is 48. The van der Waals surface area contributed by atoms with Crippen LogP contribution in [0.3, 0.4) is 0 Å². The fraction of sp³-hybridized carbons (Fsp3) is 0.877. The summed E-state index contributed by atoms with van der Waals surface area (Å²) in [6.45, 7) is 3.76. The normalized spacial score (nSPS) is 20.0. The molecule has 0 bridgehead atoms. The summed E-state index contributed by atoms with van der Waals surface area (Å²) in [5, 5.41) is 54.4. The standard InChI is InChI=1S/C57H107NO8/c1-3-5-7-9-11-13-15-17-19-20-21-22-23-24-25-26-27-28-29-30-31-33-34-36-38-40-42-44-46-51(60)50(49-65-57-56(64)55(63)54(62)52(48-59)66-57)58-53(61)47-45-43-41-39-37-35-32-18-16-14-12-10-8-6-4-2/h12,14,18,32,44,46,50-52,54-57,59-60,62-64H,3-11,13,15-17,19-31,33-43,45,47-49H2,1-2H3,(H,58,61)/b14-12-,32-18-,46-44+. The Balaban J connectivity index is 2.20. The van der Waals surface area contributed by atoms with E-state index >= 15 is 0 Å². The molecular weight excluding hydrogens is 827 g/mol. The van der Waals surface area contributed by atoms with Gasteiger partial charge in [-0.3, -0.25) is 4.79 Å². The summed E-state index contributed by atoms with van der Waals surface area (Å²) in [5.74, 6) is -0.189. The van der Waals surface area contributed by atoms with Gasteiger partial charge in [0.05, 0.1) is 25.4 Å². The Kier molecular flexibility index (Phi) is 44.6. The largest absolute Gasteiger partial charge is 0.394 e. The molecule has 6 N–H and O–H groups in total. The minimum Gasteiger partial charge on any atom is -0.394 e. The molecule has 0 aromatic heterocycles. The minimum atomic E-state index is -1.57. The van der Waals surface area contributed by atoms with Crippen LogP contribution in [-0.2, 0) is 14.3 Å². The number of allylic oxidation sites excluding steroid dienone is 5. The Morgan fingerprint density at radius 2 is 0.894 bits per heavy atom. The van der Waals surface area contributed by atoms with Gasteiger partial charge in [0.1, 0.15) is 24.4 Å². The summed E-state index contributed by atoms with van der Waals surface area (Å²) in [7, 11) is 0. The van der Waals surface area contributed by atoms with Gasteiger partial charge in [-0.1, -0.05) is 243 Å². The van der Waals surface area contributed by atoms with Crippen molar-refractivity contribution >= 4 is 5.91 Å². The van der Waals surface area contributed by atoms with Crippen molar-refractivity contribution < 1.29 is 39.8 Å². The van der Waals surface area contributed by atoms with Crippen molar-refractivity contribution in [2.24, 2.45) is 0 Å². The fourth-order valence-electron chi connectivity index (χ4n) is 8.95. The van der Waals surface area contributed by atoms with E-state index in [-0.39, 0.29) is 12.5 Å². The smallest absolute Gasteiger partial charge is 0.220 e. The first-order valence-corrected chi connectivity index (χ1v) is 28.2. The quantitative estimate of drug-likeness (QED) is 0.0261. The SMILES string of the molecule is CCCCC/C=C\C/C=C\CCCCCCCC(=O)NC(COC1OC(CO)C(O)C(O)C1O)C(O)/C=C/CCCCCCCCCCCCCCCCCCCCCCCCCCCC. The van der Waals surface area contributed by atoms with Crippen molar-refractivity contribution in [3.05, 3.63) is 36.5 Å². The van der Waals surface area contributed by atoms with Crippen molar-refractivity contribution in [3.63, 3.8) is 0 Å². The maximum Gasteiger partial charge on any atom is 0.220 e. The molecule has 7 unspecified atom stereocenters. The number of amides is 1. The molecule has 1 amide bonds. The van der Waals surface area contributed by atoms with Crippen LogP contribution >= 0.6 is 0 Å². The molecule has 0 radical (unpaired) electrons. The predicted molar refractivity (Wildman–Crippen MR) is 276 cm³/mol. The average Bonchev–Trinajstić information content (AvgIpc) is 3.32. The highest BCUT2D eigenvalue weighted by molar-refractivity contribution is 5.76. The van der Waals surface area contributed by atoms with E-state index < -0.39 is 49.5 Å². The Hall–Kier alpha value is -1.59. The molecule has 0 spiro atoms. The first-order valence-electron chi connectivity index (χ1n) is 28.2. The van der Waals surface area contributed by atoms with Crippen LogP contribution in [0.4, 0.5) is 0 Å². The Morgan fingerprint density at radius 1 is 0.515 bits per heavy atom. The van der Waals surface area contributed by atoms with E-state index in [1.165, 1.54) is 180 Å². The summed E-state index contributed by atoms with van der Waals surface area (Å²) in [6, 6.07) is -0.812. The van der Waals surface area contributed by atoms with Gasteiger partial charge in [-0.25, -0.2) is 0 Å². The maximum absolute atomic E-state index is 13.0. The van der Waals surface area contributed by atoms with E-state index in [4.69, 9.17) is 9.47 Å². The molecule has 9 nitrogen and oxygen atoms in total. The number of aliphatic hydroxyl groups is 5. The van der Waals surface area contributed by atoms with E-state index in [0.717, 1.165) is 64.2 Å². The lowest BCUT2D eigenvalue weighted by Gasteiger charge is -2.40. The second kappa shape index (κ2) is 47.1. The van der Waals surface area contributed by atoms with Gasteiger partial charge in [0.25, 0.3) is 0 Å². The molecule has 0 aliphatic carbocycles. The van der Waals surface area contributed by atoms with Gasteiger partial charge in [0.15, 0.2) is 6.29 Å². The molecule has 1 fully saturated rings. The van der Waals surface area contributed by atoms with E-state index in [9.17, 15) is 30.3 Å². The highest BCUT2D eigenvalue weighted by Gasteiger charge is 2.44. The van der Waals surface area contributed by atoms with Crippen LogP contribution in [0.1, 0.15) is 264 Å². The van der Waals surface area contributed by atoms with Gasteiger partial charge >= 0.3 is 0 Å². The number of nitrogens with one attached hydrogen (secondary N) is 1. The highest BCUT2D eigenvalue weighted by atomic mass is 16.7. The van der Waals surface area contributed by atoms with Crippen LogP contribution in [0.15, 0.2) is 36.5 Å². The zero-order valence-electron chi connectivity index (χ0n) is 43.0. The molecule has 0 saturated carbocycles. The summed E-state index contributed by atoms with van der Waals surface area (Å²) >= 11 is 0. The Bertz CT molecular complexity index is 1130. The van der Waals surface area contributed by atoms with Crippen LogP contribution in [-0.4, -0.2) is 87.5 Å². The van der Waals surface area contributed by atoms with Gasteiger partial charge < -0.3 is 40.3 Å². The second-order valence-electron chi connectivity index (χ2n) is 19.7. The summed E-state index contributed by atoms with van der Waals surface area (Å²) < 4.78 is 11.2. The van der Waals surface area contributed by atoms with Crippen molar-refractivity contribution in [1.82, 2.24) is 5.32 Å². The first-order chi connectivity index (χ1) is 32.3. The van der Waals surface area contributed by atoms with E-state index in [0.29, 0.717) is 6.42 Å². The number of ether oxygens (including phenoxy) is 2. The number of hydrogen-bond donors (Lipinski definition) is 6. The second-order valence-corrected chi connectivity index (χ2v) is 19.7. The van der Waals surface area contributed by atoms with Crippen LogP contribution in [0, 0.1) is 0 Å². The highest BCUT2D eigenvalue weighted by Crippen LogP contribution is 2.23. The fourth-order valence-corrected chi connectivity index (χ4v) is 8.95. The number of carbonyl (C=O) groups is 1. The van der Waals surface area contributed by atoms with Gasteiger partial charge in [0.2, 0.25) is 5.91 Å². The van der Waals surface area contributed by atoms with Gasteiger partial charge in [-0.15, -0.1) is 0 Å². The third-order valence-corrected chi connectivity index (χ3v) is 13.5. The van der Waals surface area contributed by atoms with Gasteiger partial charge in [-0.05, 0) is 51.4 Å². The topological polar surface area (TPSA) is 149 Å². The molecule has 0 aromatic carbocycles. The number of carbonyl (C=O) groups excluding carboxylic acids is 1. The molecule has 1 rings (SSSR count). The molecule has 388 valence electrons.